The van der Waals surface area contributed by atoms with Gasteiger partial charge in [-0.2, -0.15) is 0 Å². The normalized spacial score (nSPS) is 23.7. The van der Waals surface area contributed by atoms with Crippen molar-refractivity contribution < 1.29 is 17.9 Å². The summed E-state index contributed by atoms with van der Waals surface area (Å²) in [6.45, 7) is 2.72. The van der Waals surface area contributed by atoms with E-state index in [2.05, 4.69) is 5.32 Å². The van der Waals surface area contributed by atoms with Crippen molar-refractivity contribution in [2.75, 3.05) is 32.0 Å². The molecule has 2 heterocycles. The van der Waals surface area contributed by atoms with E-state index in [4.69, 9.17) is 9.88 Å². The summed E-state index contributed by atoms with van der Waals surface area (Å²) in [6.07, 6.45) is 7.20. The van der Waals surface area contributed by atoms with Crippen molar-refractivity contribution in [1.29, 1.82) is 0 Å². The van der Waals surface area contributed by atoms with Gasteiger partial charge in [0.2, 0.25) is 10.0 Å². The van der Waals surface area contributed by atoms with E-state index in [1.165, 1.54) is 6.42 Å². The summed E-state index contributed by atoms with van der Waals surface area (Å²) < 4.78 is 27.9. The number of primary sulfonamides is 1. The number of rotatable bonds is 6. The first kappa shape index (κ1) is 18.5. The zero-order valence-electron chi connectivity index (χ0n) is 13.7. The number of hydrogen-bond acceptors (Lipinski definition) is 4. The molecule has 3 N–H and O–H groups in total. The minimum atomic E-state index is -3.42. The van der Waals surface area contributed by atoms with Crippen LogP contribution >= 0.6 is 0 Å². The lowest BCUT2D eigenvalue weighted by atomic mass is 9.99. The SMILES string of the molecule is NS(=O)(=O)CC1CCN(C(=O)NCCC[C@H]2CCCCO2)CC1. The zero-order chi connectivity index (χ0) is 16.7. The number of carbonyl (C=O) groups excluding carboxylic acids is 1. The Balaban J connectivity index is 1.57. The average Bonchev–Trinajstić information content (AvgIpc) is 2.51. The van der Waals surface area contributed by atoms with Crippen molar-refractivity contribution in [3.8, 4) is 0 Å². The molecule has 7 nitrogen and oxygen atoms in total. The Kier molecular flexibility index (Phi) is 7.10. The molecule has 2 aliphatic rings. The number of hydrogen-bond donors (Lipinski definition) is 2. The van der Waals surface area contributed by atoms with Crippen molar-refractivity contribution in [2.45, 2.75) is 51.0 Å². The van der Waals surface area contributed by atoms with Gasteiger partial charge in [0.25, 0.3) is 0 Å². The van der Waals surface area contributed by atoms with Crippen molar-refractivity contribution >= 4 is 16.1 Å². The minimum Gasteiger partial charge on any atom is -0.378 e. The maximum Gasteiger partial charge on any atom is 0.317 e. The van der Waals surface area contributed by atoms with Crippen LogP contribution in [0.2, 0.25) is 0 Å². The van der Waals surface area contributed by atoms with Gasteiger partial charge in [-0.3, -0.25) is 0 Å². The van der Waals surface area contributed by atoms with Gasteiger partial charge in [-0.05, 0) is 50.9 Å². The zero-order valence-corrected chi connectivity index (χ0v) is 14.5. The minimum absolute atomic E-state index is 0.0177. The first-order valence-electron chi connectivity index (χ1n) is 8.59. The molecule has 1 atom stereocenters. The number of nitrogens with zero attached hydrogens (tertiary/aromatic N) is 1. The molecule has 0 saturated carbocycles. The Bertz CT molecular complexity index is 469. The van der Waals surface area contributed by atoms with Crippen molar-refractivity contribution in [1.82, 2.24) is 10.2 Å². The van der Waals surface area contributed by atoms with E-state index in [1.54, 1.807) is 4.90 Å². The number of piperidine rings is 1. The predicted molar refractivity (Wildman–Crippen MR) is 88.5 cm³/mol. The third kappa shape index (κ3) is 7.05. The molecule has 23 heavy (non-hydrogen) atoms. The summed E-state index contributed by atoms with van der Waals surface area (Å²) in [5.74, 6) is 0.0848. The van der Waals surface area contributed by atoms with E-state index in [0.717, 1.165) is 32.3 Å². The lowest BCUT2D eigenvalue weighted by Crippen LogP contribution is -2.45. The first-order chi connectivity index (χ1) is 10.9. The molecular weight excluding hydrogens is 318 g/mol. The highest BCUT2D eigenvalue weighted by Crippen LogP contribution is 2.19. The Morgan fingerprint density at radius 1 is 1.22 bits per heavy atom. The molecule has 0 aromatic rings. The van der Waals surface area contributed by atoms with Crippen LogP contribution < -0.4 is 10.5 Å². The highest BCUT2D eigenvalue weighted by molar-refractivity contribution is 7.89. The molecule has 0 unspecified atom stereocenters. The highest BCUT2D eigenvalue weighted by Gasteiger charge is 2.25. The van der Waals surface area contributed by atoms with Gasteiger partial charge in [-0.1, -0.05) is 0 Å². The number of carbonyl (C=O) groups is 1. The van der Waals surface area contributed by atoms with Crippen LogP contribution in [0.3, 0.4) is 0 Å². The summed E-state index contributed by atoms with van der Waals surface area (Å²) in [5.41, 5.74) is 0. The largest absolute Gasteiger partial charge is 0.378 e. The monoisotopic (exact) mass is 347 g/mol. The fraction of sp³-hybridized carbons (Fsp3) is 0.933. The van der Waals surface area contributed by atoms with Gasteiger partial charge in [0.1, 0.15) is 0 Å². The third-order valence-electron chi connectivity index (χ3n) is 4.62. The second-order valence-corrected chi connectivity index (χ2v) is 8.28. The quantitative estimate of drug-likeness (QED) is 0.701. The Morgan fingerprint density at radius 2 is 1.96 bits per heavy atom. The number of ether oxygens (including phenoxy) is 1. The summed E-state index contributed by atoms with van der Waals surface area (Å²) in [5, 5.41) is 8.02. The Labute approximate surface area is 139 Å². The molecule has 8 heteroatoms. The number of nitrogens with two attached hydrogens (primary N) is 1. The molecule has 2 saturated heterocycles. The molecule has 2 fully saturated rings. The van der Waals surface area contributed by atoms with E-state index in [1.807, 2.05) is 0 Å². The standard InChI is InChI=1S/C15H29N3O4S/c16-23(20,21)12-13-6-9-18(10-7-13)15(19)17-8-3-5-14-4-1-2-11-22-14/h13-14H,1-12H2,(H,17,19)(H2,16,20,21)/t14-/m1/s1. The molecule has 0 bridgehead atoms. The van der Waals surface area contributed by atoms with E-state index in [0.29, 0.717) is 38.6 Å². The average molecular weight is 347 g/mol. The fourth-order valence-corrected chi connectivity index (χ4v) is 4.29. The van der Waals surface area contributed by atoms with Gasteiger partial charge in [0.05, 0.1) is 11.9 Å². The van der Waals surface area contributed by atoms with Crippen LogP contribution in [0.5, 0.6) is 0 Å². The third-order valence-corrected chi connectivity index (χ3v) is 5.56. The molecule has 0 radical (unpaired) electrons. The topological polar surface area (TPSA) is 102 Å². The molecule has 134 valence electrons. The van der Waals surface area contributed by atoms with Gasteiger partial charge in [0, 0.05) is 26.2 Å². The summed E-state index contributed by atoms with van der Waals surface area (Å²) >= 11 is 0. The van der Waals surface area contributed by atoms with Gasteiger partial charge < -0.3 is 15.0 Å². The number of nitrogens with one attached hydrogen (secondary N) is 1. The van der Waals surface area contributed by atoms with E-state index in [-0.39, 0.29) is 17.7 Å². The fourth-order valence-electron chi connectivity index (χ4n) is 3.30. The second kappa shape index (κ2) is 8.84. The smallest absolute Gasteiger partial charge is 0.317 e. The van der Waals surface area contributed by atoms with Crippen molar-refractivity contribution in [2.24, 2.45) is 11.1 Å². The summed E-state index contributed by atoms with van der Waals surface area (Å²) in [4.78, 5) is 13.8. The maximum atomic E-state index is 12.1. The molecule has 2 aliphatic heterocycles. The highest BCUT2D eigenvalue weighted by atomic mass is 32.2. The molecule has 0 aliphatic carbocycles. The van der Waals surface area contributed by atoms with Crippen LogP contribution in [-0.4, -0.2) is 57.4 Å². The summed E-state index contributed by atoms with van der Waals surface area (Å²) in [6, 6.07) is -0.0522. The number of likely N-dealkylation sites (tertiary alicyclic amines) is 1. The van der Waals surface area contributed by atoms with Crippen molar-refractivity contribution in [3.05, 3.63) is 0 Å². The second-order valence-electron chi connectivity index (χ2n) is 6.62. The van der Waals surface area contributed by atoms with E-state index < -0.39 is 10.0 Å². The number of amides is 2. The number of urea groups is 1. The van der Waals surface area contributed by atoms with Crippen LogP contribution in [-0.2, 0) is 14.8 Å². The van der Waals surface area contributed by atoms with Crippen LogP contribution in [0.25, 0.3) is 0 Å². The molecule has 2 amide bonds. The Morgan fingerprint density at radius 3 is 2.57 bits per heavy atom. The molecule has 2 rings (SSSR count). The predicted octanol–water partition coefficient (Wildman–Crippen LogP) is 1.05. The van der Waals surface area contributed by atoms with Crippen LogP contribution in [0.15, 0.2) is 0 Å². The van der Waals surface area contributed by atoms with E-state index in [9.17, 15) is 13.2 Å². The van der Waals surface area contributed by atoms with Crippen LogP contribution in [0, 0.1) is 5.92 Å². The molecular formula is C15H29N3O4S. The lowest BCUT2D eigenvalue weighted by Gasteiger charge is -2.31. The first-order valence-corrected chi connectivity index (χ1v) is 10.3. The number of sulfonamides is 1. The van der Waals surface area contributed by atoms with Crippen LogP contribution in [0.1, 0.15) is 44.9 Å². The van der Waals surface area contributed by atoms with Crippen molar-refractivity contribution in [3.63, 3.8) is 0 Å². The summed E-state index contributed by atoms with van der Waals surface area (Å²) in [7, 11) is -3.42. The van der Waals surface area contributed by atoms with Crippen LogP contribution in [0.4, 0.5) is 4.79 Å². The maximum absolute atomic E-state index is 12.1. The lowest BCUT2D eigenvalue weighted by molar-refractivity contribution is 0.0102. The van der Waals surface area contributed by atoms with Gasteiger partial charge in [-0.15, -0.1) is 0 Å². The van der Waals surface area contributed by atoms with Gasteiger partial charge in [0.15, 0.2) is 0 Å². The Hall–Kier alpha value is -0.860. The van der Waals surface area contributed by atoms with E-state index >= 15 is 0 Å². The molecule has 0 aromatic heterocycles. The van der Waals surface area contributed by atoms with Gasteiger partial charge in [-0.25, -0.2) is 18.4 Å². The van der Waals surface area contributed by atoms with Gasteiger partial charge >= 0.3 is 6.03 Å². The molecule has 0 aromatic carbocycles. The molecule has 0 spiro atoms.